The predicted octanol–water partition coefficient (Wildman–Crippen LogP) is 4.46. The zero-order chi connectivity index (χ0) is 14.4. The summed E-state index contributed by atoms with van der Waals surface area (Å²) in [6.07, 6.45) is 1.51. The molecule has 2 aromatic rings. The van der Waals surface area contributed by atoms with Gasteiger partial charge in [0.1, 0.15) is 5.75 Å². The Balaban J connectivity index is 2.09. The summed E-state index contributed by atoms with van der Waals surface area (Å²) >= 11 is 0. The molecule has 1 atom stereocenters. The fourth-order valence-electron chi connectivity index (χ4n) is 2.34. The first kappa shape index (κ1) is 14.3. The summed E-state index contributed by atoms with van der Waals surface area (Å²) in [6.45, 7) is 2.12. The molecule has 0 spiro atoms. The van der Waals surface area contributed by atoms with E-state index in [0.717, 1.165) is 17.7 Å². The minimum Gasteiger partial charge on any atom is -0.497 e. The van der Waals surface area contributed by atoms with Gasteiger partial charge in [0.2, 0.25) is 0 Å². The second kappa shape index (κ2) is 6.90. The van der Waals surface area contributed by atoms with E-state index in [4.69, 9.17) is 4.74 Å². The molecule has 0 saturated heterocycles. The second-order valence-corrected chi connectivity index (χ2v) is 4.87. The Morgan fingerprint density at radius 3 is 2.25 bits per heavy atom. The van der Waals surface area contributed by atoms with Crippen LogP contribution in [0.15, 0.2) is 54.6 Å². The summed E-state index contributed by atoms with van der Waals surface area (Å²) in [5.41, 5.74) is 1.98. The van der Waals surface area contributed by atoms with Crippen LogP contribution < -0.4 is 4.74 Å². The zero-order valence-electron chi connectivity index (χ0n) is 12.0. The maximum absolute atomic E-state index is 12.3. The second-order valence-electron chi connectivity index (χ2n) is 4.87. The Hall–Kier alpha value is -2.09. The fourth-order valence-corrected chi connectivity index (χ4v) is 2.34. The van der Waals surface area contributed by atoms with Gasteiger partial charge in [0.25, 0.3) is 0 Å². The Kier molecular flexibility index (Phi) is 4.94. The fraction of sp³-hybridized carbons (Fsp3) is 0.278. The summed E-state index contributed by atoms with van der Waals surface area (Å²) in [7, 11) is 1.62. The minimum atomic E-state index is 0.184. The lowest BCUT2D eigenvalue weighted by Gasteiger charge is -2.14. The van der Waals surface area contributed by atoms with Crippen molar-refractivity contribution in [1.29, 1.82) is 0 Å². The average Bonchev–Trinajstić information content (AvgIpc) is 2.53. The van der Waals surface area contributed by atoms with Crippen molar-refractivity contribution in [3.63, 3.8) is 0 Å². The molecular weight excluding hydrogens is 248 g/mol. The van der Waals surface area contributed by atoms with Gasteiger partial charge in [0.05, 0.1) is 7.11 Å². The van der Waals surface area contributed by atoms with Gasteiger partial charge in [-0.2, -0.15) is 0 Å². The zero-order valence-corrected chi connectivity index (χ0v) is 12.0. The molecule has 0 saturated carbocycles. The van der Waals surface area contributed by atoms with E-state index in [1.807, 2.05) is 42.5 Å². The number of carbonyl (C=O) groups is 1. The van der Waals surface area contributed by atoms with E-state index in [1.165, 1.54) is 5.56 Å². The molecule has 0 amide bonds. The normalized spacial score (nSPS) is 11.9. The summed E-state index contributed by atoms with van der Waals surface area (Å²) in [6, 6.07) is 17.6. The summed E-state index contributed by atoms with van der Waals surface area (Å²) < 4.78 is 5.11. The molecule has 0 aliphatic heterocycles. The molecular formula is C18H20O2. The van der Waals surface area contributed by atoms with Crippen LogP contribution in [0.2, 0.25) is 0 Å². The molecule has 0 heterocycles. The van der Waals surface area contributed by atoms with Crippen molar-refractivity contribution in [2.45, 2.75) is 25.7 Å². The van der Waals surface area contributed by atoms with Crippen LogP contribution in [0.1, 0.15) is 41.6 Å². The van der Waals surface area contributed by atoms with Crippen LogP contribution in [-0.4, -0.2) is 12.9 Å². The lowest BCUT2D eigenvalue weighted by Crippen LogP contribution is -2.07. The average molecular weight is 268 g/mol. The number of benzene rings is 2. The Morgan fingerprint density at radius 2 is 1.70 bits per heavy atom. The minimum absolute atomic E-state index is 0.184. The van der Waals surface area contributed by atoms with Crippen LogP contribution in [0, 0.1) is 0 Å². The van der Waals surface area contributed by atoms with Crippen LogP contribution in [0.3, 0.4) is 0 Å². The Labute approximate surface area is 120 Å². The van der Waals surface area contributed by atoms with Gasteiger partial charge in [0, 0.05) is 12.0 Å². The van der Waals surface area contributed by atoms with Crippen molar-refractivity contribution in [3.05, 3.63) is 65.7 Å². The molecule has 2 heteroatoms. The largest absolute Gasteiger partial charge is 0.497 e. The number of ether oxygens (including phenoxy) is 1. The van der Waals surface area contributed by atoms with Gasteiger partial charge >= 0.3 is 0 Å². The molecule has 2 rings (SSSR count). The molecule has 0 aromatic heterocycles. The highest BCUT2D eigenvalue weighted by Gasteiger charge is 2.15. The van der Waals surface area contributed by atoms with Crippen molar-refractivity contribution in [1.82, 2.24) is 0 Å². The summed E-state index contributed by atoms with van der Waals surface area (Å²) in [4.78, 5) is 12.3. The molecule has 0 radical (unpaired) electrons. The maximum Gasteiger partial charge on any atom is 0.163 e. The number of Topliss-reactive ketones (excluding diaryl/α,β-unsaturated/α-hetero) is 1. The maximum atomic E-state index is 12.3. The summed E-state index contributed by atoms with van der Waals surface area (Å²) in [5, 5.41) is 0. The third kappa shape index (κ3) is 3.47. The molecule has 2 aromatic carbocycles. The highest BCUT2D eigenvalue weighted by atomic mass is 16.5. The van der Waals surface area contributed by atoms with E-state index in [9.17, 15) is 4.79 Å². The van der Waals surface area contributed by atoms with Gasteiger partial charge in [-0.3, -0.25) is 4.79 Å². The molecule has 0 aliphatic carbocycles. The number of hydrogen-bond donors (Lipinski definition) is 0. The van der Waals surface area contributed by atoms with Crippen LogP contribution in [0.4, 0.5) is 0 Å². The first-order valence-electron chi connectivity index (χ1n) is 6.96. The monoisotopic (exact) mass is 268 g/mol. The highest BCUT2D eigenvalue weighted by Crippen LogP contribution is 2.25. The third-order valence-electron chi connectivity index (χ3n) is 3.61. The molecule has 2 nitrogen and oxygen atoms in total. The van der Waals surface area contributed by atoms with Crippen molar-refractivity contribution < 1.29 is 9.53 Å². The molecule has 0 N–H and O–H groups in total. The topological polar surface area (TPSA) is 26.3 Å². The number of ketones is 1. The van der Waals surface area contributed by atoms with Crippen molar-refractivity contribution in [2.75, 3.05) is 7.11 Å². The summed E-state index contributed by atoms with van der Waals surface area (Å²) in [5.74, 6) is 1.24. The first-order valence-corrected chi connectivity index (χ1v) is 6.96. The Morgan fingerprint density at radius 1 is 1.05 bits per heavy atom. The third-order valence-corrected chi connectivity index (χ3v) is 3.61. The van der Waals surface area contributed by atoms with Gasteiger partial charge in [-0.15, -0.1) is 0 Å². The molecule has 0 fully saturated rings. The predicted molar refractivity (Wildman–Crippen MR) is 81.4 cm³/mol. The number of methoxy groups -OCH3 is 1. The van der Waals surface area contributed by atoms with E-state index in [1.54, 1.807) is 7.11 Å². The smallest absolute Gasteiger partial charge is 0.163 e. The number of carbonyl (C=O) groups excluding carboxylic acids is 1. The van der Waals surface area contributed by atoms with Gasteiger partial charge in [-0.1, -0.05) is 37.3 Å². The van der Waals surface area contributed by atoms with Crippen molar-refractivity contribution in [2.24, 2.45) is 0 Å². The van der Waals surface area contributed by atoms with E-state index in [-0.39, 0.29) is 11.7 Å². The molecule has 0 aliphatic rings. The molecule has 0 unspecified atom stereocenters. The van der Waals surface area contributed by atoms with Gasteiger partial charge < -0.3 is 4.74 Å². The first-order chi connectivity index (χ1) is 9.74. The molecule has 20 heavy (non-hydrogen) atoms. The standard InChI is InChI=1S/C18H20O2/c1-3-14(15-7-5-4-6-8-15)13-18(19)16-9-11-17(20-2)12-10-16/h4-12,14H,3,13H2,1-2H3/t14-/m1/s1. The van der Waals surface area contributed by atoms with E-state index >= 15 is 0 Å². The Bertz CT molecular complexity index is 543. The quantitative estimate of drug-likeness (QED) is 0.723. The van der Waals surface area contributed by atoms with Crippen molar-refractivity contribution in [3.8, 4) is 5.75 Å². The van der Waals surface area contributed by atoms with E-state index in [2.05, 4.69) is 19.1 Å². The van der Waals surface area contributed by atoms with Crippen LogP contribution in [0.25, 0.3) is 0 Å². The lowest BCUT2D eigenvalue weighted by molar-refractivity contribution is 0.0973. The molecule has 0 bridgehead atoms. The van der Waals surface area contributed by atoms with Gasteiger partial charge in [-0.05, 0) is 42.2 Å². The van der Waals surface area contributed by atoms with Crippen LogP contribution >= 0.6 is 0 Å². The SMILES string of the molecule is CC[C@H](CC(=O)c1ccc(OC)cc1)c1ccccc1. The highest BCUT2D eigenvalue weighted by molar-refractivity contribution is 5.96. The number of hydrogen-bond acceptors (Lipinski definition) is 2. The van der Waals surface area contributed by atoms with Crippen molar-refractivity contribution >= 4 is 5.78 Å². The van der Waals surface area contributed by atoms with Crippen LogP contribution in [-0.2, 0) is 0 Å². The van der Waals surface area contributed by atoms with E-state index in [0.29, 0.717) is 6.42 Å². The molecule has 104 valence electrons. The number of rotatable bonds is 6. The van der Waals surface area contributed by atoms with Gasteiger partial charge in [-0.25, -0.2) is 0 Å². The lowest BCUT2D eigenvalue weighted by atomic mass is 9.89. The van der Waals surface area contributed by atoms with Gasteiger partial charge in [0.15, 0.2) is 5.78 Å². The van der Waals surface area contributed by atoms with E-state index < -0.39 is 0 Å². The van der Waals surface area contributed by atoms with Crippen LogP contribution in [0.5, 0.6) is 5.75 Å².